The molecular weight excluding hydrogens is 945 g/mol. The summed E-state index contributed by atoms with van der Waals surface area (Å²) in [6, 6.07) is 4.14. The predicted molar refractivity (Wildman–Crippen MR) is 277 cm³/mol. The maximum atomic E-state index is 11.7. The summed E-state index contributed by atoms with van der Waals surface area (Å²) in [4.78, 5) is 82.8. The molecule has 0 bridgehead atoms. The maximum Gasteiger partial charge on any atom is 0.315 e. The van der Waals surface area contributed by atoms with Gasteiger partial charge in [0.05, 0.1) is 56.6 Å². The molecule has 380 valence electrons. The minimum atomic E-state index is -0.605. The molecule has 0 saturated carbocycles. The molecule has 0 radical (unpaired) electrons. The van der Waals surface area contributed by atoms with Gasteiger partial charge in [0.2, 0.25) is 0 Å². The molecule has 0 aliphatic rings. The van der Waals surface area contributed by atoms with Crippen LogP contribution in [-0.4, -0.2) is 168 Å². The van der Waals surface area contributed by atoms with Crippen LogP contribution in [0.3, 0.4) is 0 Å². The van der Waals surface area contributed by atoms with Crippen molar-refractivity contribution in [2.45, 2.75) is 41.7 Å². The summed E-state index contributed by atoms with van der Waals surface area (Å²) in [5, 5.41) is 18.1. The lowest BCUT2D eigenvalue weighted by Crippen LogP contribution is -2.40. The summed E-state index contributed by atoms with van der Waals surface area (Å²) in [6.07, 6.45) is 16.6. The Morgan fingerprint density at radius 3 is 1.40 bits per heavy atom. The minimum absolute atomic E-state index is 0.00778. The number of hydrogen-bond acceptors (Lipinski definition) is 25. The van der Waals surface area contributed by atoms with Crippen LogP contribution in [-0.2, 0) is 43.0 Å². The zero-order chi connectivity index (χ0) is 55.4. The third-order valence-electron chi connectivity index (χ3n) is 7.79. The van der Waals surface area contributed by atoms with Gasteiger partial charge >= 0.3 is 11.9 Å². The van der Waals surface area contributed by atoms with Crippen molar-refractivity contribution in [2.24, 2.45) is 28.6 Å². The van der Waals surface area contributed by atoms with E-state index < -0.39 is 12.0 Å². The fourth-order valence-corrected chi connectivity index (χ4v) is 7.90. The molecule has 0 amide bonds. The fourth-order valence-electron chi connectivity index (χ4n) is 4.10. The number of rotatable bonds is 34. The van der Waals surface area contributed by atoms with Crippen LogP contribution in [0.15, 0.2) is 90.8 Å². The molecule has 16 N–H and O–H groups in total. The summed E-state index contributed by atoms with van der Waals surface area (Å²) < 4.78 is 42.0. The van der Waals surface area contributed by atoms with E-state index in [0.717, 1.165) is 10.8 Å². The lowest BCUT2D eigenvalue weighted by molar-refractivity contribution is -0.142. The van der Waals surface area contributed by atoms with Gasteiger partial charge in [0.1, 0.15) is 5.03 Å². The number of likely N-dealkylation sites (N-methyl/N-ethyl adjacent to an activating group) is 6. The second-order valence-electron chi connectivity index (χ2n) is 12.3. The highest BCUT2D eigenvalue weighted by molar-refractivity contribution is 8.76. The smallest absolute Gasteiger partial charge is 0.315 e. The van der Waals surface area contributed by atoms with E-state index in [9.17, 15) is 33.6 Å². The van der Waals surface area contributed by atoms with Crippen LogP contribution in [0.2, 0.25) is 7.06 Å². The average molecular weight is 1030 g/mol. The van der Waals surface area contributed by atoms with Gasteiger partial charge in [-0.1, -0.05) is 16.9 Å². The standard InChI is InChI=1S/C11H15N3OS2.C9H16N2O3S.C8H14N2O3.C7H15N3O.C7H14N2OS/c1-13-9(10(15)5-6-12)8-16-17-11-4-2-3-7-14-11;1-11-7(8(12)3-4-10)5-15-6-9(13)14-2;1-10-6(5-8(12)13-2)7(11)3-4-9;1-9-5-6(10-2)7(11)3-4-8;1-9-6(5-11-2)7(10)3-4-8/h2-7,9,13H,8,12H2,1H3;3-4,7,11H,5-6,10H2,1-2H3;3-4,6,10H,5,9H2,1-2H3;3-4,6,9-10H,5,8H2,1-2H3;3-4,6,9H,5,8H2,1-2H3/t9-;7-;3*6-/m00000/s1/i/hT5. The highest BCUT2D eigenvalue weighted by Crippen LogP contribution is 2.29. The molecule has 1 heterocycles. The third kappa shape index (κ3) is 39.0. The Kier molecular flexibility index (Phi) is 42.9. The van der Waals surface area contributed by atoms with Crippen LogP contribution < -0.4 is 60.5 Å². The molecule has 0 unspecified atom stereocenters. The Balaban J connectivity index is -0.000000405. The number of pyridine rings is 1. The Bertz CT molecular complexity index is 1730. The number of carbonyl (C=O) groups excluding carboxylic acids is 7. The molecule has 25 heteroatoms. The predicted octanol–water partition coefficient (Wildman–Crippen LogP) is -1.03. The molecule has 0 saturated heterocycles. The fraction of sp³-hybridized carbons (Fsp3) is 0.476. The molecule has 0 aliphatic heterocycles. The molecule has 1 aromatic heterocycles. The van der Waals surface area contributed by atoms with Crippen molar-refractivity contribution < 1.29 is 50.1 Å². The Hall–Kier alpha value is -4.70. The first kappa shape index (κ1) is 58.4. The summed E-state index contributed by atoms with van der Waals surface area (Å²) in [6.45, 7) is 0.581. The summed E-state index contributed by atoms with van der Waals surface area (Å²) in [7, 11) is 16.0. The number of methoxy groups -OCH3 is 2. The largest absolute Gasteiger partial charge is 0.469 e. The number of carbonyl (C=O) groups is 7. The van der Waals surface area contributed by atoms with Gasteiger partial charge in [-0.2, -0.15) is 11.8 Å². The van der Waals surface area contributed by atoms with Gasteiger partial charge in [0.25, 0.3) is 0 Å². The number of nitrogens with one attached hydrogen (secondary N) is 6. The van der Waals surface area contributed by atoms with Crippen molar-refractivity contribution in [3.05, 3.63) is 85.8 Å². The van der Waals surface area contributed by atoms with Gasteiger partial charge in [-0.3, -0.25) is 33.6 Å². The number of esters is 2. The monoisotopic (exact) mass is 1030 g/mol. The highest BCUT2D eigenvalue weighted by atomic mass is 33.1. The molecule has 21 nitrogen and oxygen atoms in total. The third-order valence-corrected chi connectivity index (χ3v) is 11.7. The molecule has 0 spiro atoms. The molecule has 1 rings (SSSR count). The normalized spacial score (nSPS) is 13.8. The second-order valence-corrected chi connectivity index (χ2v) is 16.6. The van der Waals surface area contributed by atoms with Crippen LogP contribution in [0.1, 0.15) is 6.42 Å². The van der Waals surface area contributed by atoms with E-state index in [1.807, 2.05) is 47.4 Å². The molecule has 0 fully saturated rings. The number of nitrogens with zero attached hydrogens (tertiary/aromatic N) is 1. The number of hydrogen-bond donors (Lipinski definition) is 11. The molecular formula is C42H74N12O9S4. The van der Waals surface area contributed by atoms with Crippen molar-refractivity contribution in [2.75, 3.05) is 92.3 Å². The molecule has 0 aliphatic carbocycles. The zero-order valence-corrected chi connectivity index (χ0v) is 42.7. The van der Waals surface area contributed by atoms with Crippen molar-refractivity contribution >= 4 is 86.0 Å². The van der Waals surface area contributed by atoms with E-state index in [2.05, 4.69) is 52.1 Å². The van der Waals surface area contributed by atoms with Crippen LogP contribution in [0, 0.1) is 0 Å². The van der Waals surface area contributed by atoms with E-state index in [-0.39, 0.29) is 71.2 Å². The minimum Gasteiger partial charge on any atom is -0.469 e. The summed E-state index contributed by atoms with van der Waals surface area (Å²) in [5.74, 6) is 0.800. The highest BCUT2D eigenvalue weighted by Gasteiger charge is 2.18. The van der Waals surface area contributed by atoms with Gasteiger partial charge in [-0.05, 0) is 133 Å². The lowest BCUT2D eigenvalue weighted by atomic mass is 10.1. The van der Waals surface area contributed by atoms with Gasteiger partial charge < -0.3 is 70.0 Å². The van der Waals surface area contributed by atoms with Crippen LogP contribution in [0.25, 0.3) is 0 Å². The molecule has 0 aromatic carbocycles. The summed E-state index contributed by atoms with van der Waals surface area (Å²) >= 11 is 2.93. The second kappa shape index (κ2) is 49.2. The first-order chi connectivity index (χ1) is 34.6. The van der Waals surface area contributed by atoms with Crippen LogP contribution in [0.4, 0.5) is 0 Å². The van der Waals surface area contributed by atoms with E-state index in [1.54, 1.807) is 81.8 Å². The van der Waals surface area contributed by atoms with Crippen LogP contribution >= 0.6 is 45.1 Å². The molecule has 67 heavy (non-hydrogen) atoms. The lowest BCUT2D eigenvalue weighted by Gasteiger charge is -2.11. The first-order valence-corrected chi connectivity index (χ1v) is 24.8. The number of nitrogens with two attached hydrogens (primary N) is 5. The number of ketones is 5. The van der Waals surface area contributed by atoms with Crippen LogP contribution in [0.5, 0.6) is 0 Å². The average Bonchev–Trinajstić information content (AvgIpc) is 3.40. The van der Waals surface area contributed by atoms with Crippen molar-refractivity contribution in [1.82, 2.24) is 36.9 Å². The van der Waals surface area contributed by atoms with Gasteiger partial charge in [-0.15, -0.1) is 11.8 Å². The van der Waals surface area contributed by atoms with Gasteiger partial charge in [0, 0.05) is 30.0 Å². The Labute approximate surface area is 419 Å². The number of thioether (sulfide) groups is 2. The van der Waals surface area contributed by atoms with Crippen molar-refractivity contribution in [3.63, 3.8) is 0 Å². The number of ether oxygens (including phenoxy) is 2. The van der Waals surface area contributed by atoms with Crippen molar-refractivity contribution in [1.29, 1.82) is 0 Å². The van der Waals surface area contributed by atoms with E-state index >= 15 is 0 Å². The zero-order valence-electron chi connectivity index (χ0n) is 44.5. The van der Waals surface area contributed by atoms with E-state index in [4.69, 9.17) is 7.06 Å². The molecule has 5 atom stereocenters. The van der Waals surface area contributed by atoms with Crippen molar-refractivity contribution in [3.8, 4) is 0 Å². The SMILES string of the molecule is [3H]NC=CC(=O)[C@H](CC(=O)OC)NC.[3H]NC=CC(=O)[C@H](CNC)NC.[3H]NC=CC(=O)[C@H](CSC)NC.[3H]NC=CC(=O)[C@H](CSCC(=O)OC)NC.[3H]NC=CC(=O)[C@H](CSSc1ccccn1)NC. The Morgan fingerprint density at radius 1 is 0.612 bits per heavy atom. The Morgan fingerprint density at radius 2 is 1.03 bits per heavy atom. The molecule has 1 aromatic rings. The summed E-state index contributed by atoms with van der Waals surface area (Å²) in [5.41, 5.74) is 10.1. The maximum absolute atomic E-state index is 11.7. The number of aromatic nitrogens is 1. The topological polar surface area (TPSA) is 353 Å². The quantitative estimate of drug-likeness (QED) is 0.0223. The van der Waals surface area contributed by atoms with Gasteiger partial charge in [0.15, 0.2) is 36.0 Å². The van der Waals surface area contributed by atoms with Gasteiger partial charge in [-0.25, -0.2) is 4.98 Å². The first-order valence-electron chi connectivity index (χ1n) is 22.4. The van der Waals surface area contributed by atoms with E-state index in [1.165, 1.54) is 87.4 Å². The van der Waals surface area contributed by atoms with E-state index in [0.29, 0.717) is 18.1 Å².